The molecule has 1 aliphatic rings. The monoisotopic (exact) mass is 337 g/mol. The van der Waals surface area contributed by atoms with E-state index in [2.05, 4.69) is 22.1 Å². The summed E-state index contributed by atoms with van der Waals surface area (Å²) in [6.07, 6.45) is 7.13. The van der Waals surface area contributed by atoms with Gasteiger partial charge < -0.3 is 13.7 Å². The van der Waals surface area contributed by atoms with Gasteiger partial charge >= 0.3 is 0 Å². The van der Waals surface area contributed by atoms with Crippen molar-refractivity contribution >= 4 is 5.91 Å². The van der Waals surface area contributed by atoms with Crippen molar-refractivity contribution in [1.29, 1.82) is 0 Å². The molecule has 6 heteroatoms. The molecule has 4 rings (SSSR count). The topological polar surface area (TPSA) is 72.4 Å². The van der Waals surface area contributed by atoms with Crippen molar-refractivity contribution in [2.75, 3.05) is 13.1 Å². The van der Waals surface area contributed by atoms with Crippen molar-refractivity contribution in [3.8, 4) is 0 Å². The second-order valence-corrected chi connectivity index (χ2v) is 6.28. The fraction of sp³-hybridized carbons (Fsp3) is 0.316. The van der Waals surface area contributed by atoms with Crippen LogP contribution < -0.4 is 0 Å². The minimum atomic E-state index is -0.127. The van der Waals surface area contributed by atoms with Crippen molar-refractivity contribution in [1.82, 2.24) is 14.9 Å². The molecule has 1 fully saturated rings. The third-order valence-electron chi connectivity index (χ3n) is 4.49. The summed E-state index contributed by atoms with van der Waals surface area (Å²) < 4.78 is 11.1. The summed E-state index contributed by atoms with van der Waals surface area (Å²) in [5.41, 5.74) is 1.19. The van der Waals surface area contributed by atoms with Crippen LogP contribution in [0.5, 0.6) is 0 Å². The van der Waals surface area contributed by atoms with Crippen LogP contribution in [0.3, 0.4) is 0 Å². The first-order valence-electron chi connectivity index (χ1n) is 8.46. The minimum absolute atomic E-state index is 0.116. The Bertz CT molecular complexity index is 827. The number of aromatic nitrogens is 2. The second kappa shape index (κ2) is 6.93. The Balaban J connectivity index is 1.44. The van der Waals surface area contributed by atoms with E-state index in [4.69, 9.17) is 8.83 Å². The van der Waals surface area contributed by atoms with Crippen LogP contribution in [-0.2, 0) is 6.42 Å². The average Bonchev–Trinajstić information content (AvgIpc) is 3.34. The highest BCUT2D eigenvalue weighted by Gasteiger charge is 2.29. The van der Waals surface area contributed by atoms with E-state index in [1.165, 1.54) is 18.2 Å². The first-order valence-corrected chi connectivity index (χ1v) is 8.46. The number of likely N-dealkylation sites (tertiary alicyclic amines) is 1. The molecular formula is C19H19N3O3. The summed E-state index contributed by atoms with van der Waals surface area (Å²) in [5, 5.41) is 0. The Hall–Kier alpha value is -2.89. The van der Waals surface area contributed by atoms with E-state index in [0.717, 1.165) is 25.0 Å². The van der Waals surface area contributed by atoms with Gasteiger partial charge in [0.1, 0.15) is 5.76 Å². The SMILES string of the molecule is O=C(c1cnco1)N1CCCC(c2ncc(Cc3ccccc3)o2)C1. The maximum Gasteiger partial charge on any atom is 0.291 e. The zero-order valence-corrected chi connectivity index (χ0v) is 13.8. The molecule has 0 spiro atoms. The fourth-order valence-corrected chi connectivity index (χ4v) is 3.23. The van der Waals surface area contributed by atoms with Gasteiger partial charge in [0.2, 0.25) is 5.76 Å². The highest BCUT2D eigenvalue weighted by molar-refractivity contribution is 5.91. The highest BCUT2D eigenvalue weighted by Crippen LogP contribution is 2.28. The summed E-state index contributed by atoms with van der Waals surface area (Å²) in [6.45, 7) is 1.30. The van der Waals surface area contributed by atoms with Crippen LogP contribution in [0.2, 0.25) is 0 Å². The molecule has 2 aromatic heterocycles. The van der Waals surface area contributed by atoms with Gasteiger partial charge in [-0.1, -0.05) is 30.3 Å². The van der Waals surface area contributed by atoms with Gasteiger partial charge in [0, 0.05) is 19.5 Å². The smallest absolute Gasteiger partial charge is 0.291 e. The minimum Gasteiger partial charge on any atom is -0.445 e. The van der Waals surface area contributed by atoms with Crippen molar-refractivity contribution in [2.45, 2.75) is 25.2 Å². The second-order valence-electron chi connectivity index (χ2n) is 6.28. The lowest BCUT2D eigenvalue weighted by atomic mass is 9.98. The van der Waals surface area contributed by atoms with E-state index in [-0.39, 0.29) is 17.6 Å². The molecule has 1 saturated heterocycles. The molecule has 0 aliphatic carbocycles. The Morgan fingerprint density at radius 2 is 2.12 bits per heavy atom. The number of rotatable bonds is 4. The number of oxazole rings is 2. The first kappa shape index (κ1) is 15.6. The summed E-state index contributed by atoms with van der Waals surface area (Å²) in [4.78, 5) is 22.5. The number of carbonyl (C=O) groups excluding carboxylic acids is 1. The van der Waals surface area contributed by atoms with Gasteiger partial charge in [-0.3, -0.25) is 4.79 Å². The molecule has 1 aromatic carbocycles. The lowest BCUT2D eigenvalue weighted by Gasteiger charge is -2.30. The summed E-state index contributed by atoms with van der Waals surface area (Å²) in [7, 11) is 0. The lowest BCUT2D eigenvalue weighted by molar-refractivity contribution is 0.0666. The van der Waals surface area contributed by atoms with Crippen LogP contribution in [0.4, 0.5) is 0 Å². The number of nitrogens with zero attached hydrogens (tertiary/aromatic N) is 3. The summed E-state index contributed by atoms with van der Waals surface area (Å²) in [6, 6.07) is 10.2. The van der Waals surface area contributed by atoms with Gasteiger partial charge in [-0.2, -0.15) is 0 Å². The molecule has 3 aromatic rings. The van der Waals surface area contributed by atoms with E-state index >= 15 is 0 Å². The molecule has 1 amide bonds. The molecule has 0 N–H and O–H groups in total. The van der Waals surface area contributed by atoms with Gasteiger partial charge in [0.25, 0.3) is 5.91 Å². The molecule has 6 nitrogen and oxygen atoms in total. The van der Waals surface area contributed by atoms with Crippen molar-refractivity contribution in [3.63, 3.8) is 0 Å². The Morgan fingerprint density at radius 1 is 1.24 bits per heavy atom. The van der Waals surface area contributed by atoms with Crippen LogP contribution in [-0.4, -0.2) is 33.9 Å². The van der Waals surface area contributed by atoms with E-state index in [1.807, 2.05) is 18.2 Å². The largest absolute Gasteiger partial charge is 0.445 e. The van der Waals surface area contributed by atoms with Crippen LogP contribution in [0.15, 0.2) is 58.0 Å². The van der Waals surface area contributed by atoms with Gasteiger partial charge in [-0.25, -0.2) is 9.97 Å². The van der Waals surface area contributed by atoms with E-state index < -0.39 is 0 Å². The molecule has 1 atom stereocenters. The first-order chi connectivity index (χ1) is 12.3. The summed E-state index contributed by atoms with van der Waals surface area (Å²) >= 11 is 0. The van der Waals surface area contributed by atoms with Crippen LogP contribution in [0, 0.1) is 0 Å². The van der Waals surface area contributed by atoms with Crippen LogP contribution in [0.1, 0.15) is 46.5 Å². The highest BCUT2D eigenvalue weighted by atomic mass is 16.4. The van der Waals surface area contributed by atoms with Gasteiger partial charge in [0.15, 0.2) is 12.3 Å². The predicted octanol–water partition coefficient (Wildman–Crippen LogP) is 3.27. The molecular weight excluding hydrogens is 318 g/mol. The van der Waals surface area contributed by atoms with E-state index in [0.29, 0.717) is 19.0 Å². The molecule has 1 aliphatic heterocycles. The zero-order valence-electron chi connectivity index (χ0n) is 13.8. The molecule has 0 saturated carbocycles. The van der Waals surface area contributed by atoms with Crippen molar-refractivity contribution < 1.29 is 13.6 Å². The number of benzene rings is 1. The van der Waals surface area contributed by atoms with Gasteiger partial charge in [-0.15, -0.1) is 0 Å². The number of hydrogen-bond donors (Lipinski definition) is 0. The van der Waals surface area contributed by atoms with Crippen LogP contribution >= 0.6 is 0 Å². The quantitative estimate of drug-likeness (QED) is 0.730. The van der Waals surface area contributed by atoms with Crippen molar-refractivity contribution in [2.24, 2.45) is 0 Å². The molecule has 25 heavy (non-hydrogen) atoms. The number of carbonyl (C=O) groups is 1. The van der Waals surface area contributed by atoms with E-state index in [9.17, 15) is 4.79 Å². The Morgan fingerprint density at radius 3 is 2.92 bits per heavy atom. The fourth-order valence-electron chi connectivity index (χ4n) is 3.23. The molecule has 3 heterocycles. The number of hydrogen-bond acceptors (Lipinski definition) is 5. The third kappa shape index (κ3) is 3.47. The maximum atomic E-state index is 12.4. The van der Waals surface area contributed by atoms with Gasteiger partial charge in [0.05, 0.1) is 18.3 Å². The number of amides is 1. The maximum absolute atomic E-state index is 12.4. The van der Waals surface area contributed by atoms with Crippen molar-refractivity contribution in [3.05, 3.63) is 72.1 Å². The molecule has 0 bridgehead atoms. The molecule has 0 radical (unpaired) electrons. The van der Waals surface area contributed by atoms with Gasteiger partial charge in [-0.05, 0) is 18.4 Å². The van der Waals surface area contributed by atoms with Crippen LogP contribution in [0.25, 0.3) is 0 Å². The lowest BCUT2D eigenvalue weighted by Crippen LogP contribution is -2.39. The Kier molecular flexibility index (Phi) is 4.33. The molecule has 1 unspecified atom stereocenters. The standard InChI is InChI=1S/C19H19N3O3/c23-19(17-11-20-13-24-17)22-8-4-7-15(12-22)18-21-10-16(25-18)9-14-5-2-1-3-6-14/h1-3,5-6,10-11,13,15H,4,7-9,12H2. The average molecular weight is 337 g/mol. The predicted molar refractivity (Wildman–Crippen MR) is 90.1 cm³/mol. The normalized spacial score (nSPS) is 17.6. The zero-order chi connectivity index (χ0) is 17.1. The molecule has 128 valence electrons. The summed E-state index contributed by atoms with van der Waals surface area (Å²) in [5.74, 6) is 1.82. The Labute approximate surface area is 145 Å². The third-order valence-corrected chi connectivity index (χ3v) is 4.49. The number of piperidine rings is 1. The van der Waals surface area contributed by atoms with E-state index in [1.54, 1.807) is 11.1 Å².